The highest BCUT2D eigenvalue weighted by molar-refractivity contribution is 5.77. The fourth-order valence-electron chi connectivity index (χ4n) is 2.57. The molecule has 4 nitrogen and oxygen atoms in total. The monoisotopic (exact) mass is 305 g/mol. The third-order valence-corrected chi connectivity index (χ3v) is 3.75. The van der Waals surface area contributed by atoms with Crippen LogP contribution in [-0.2, 0) is 10.4 Å². The number of aliphatic hydroxyl groups is 1. The Kier molecular flexibility index (Phi) is 4.32. The van der Waals surface area contributed by atoms with Gasteiger partial charge >= 0.3 is 6.18 Å². The second-order valence-corrected chi connectivity index (χ2v) is 5.49. The highest BCUT2D eigenvalue weighted by Crippen LogP contribution is 2.42. The zero-order chi connectivity index (χ0) is 15.7. The van der Waals surface area contributed by atoms with Gasteiger partial charge in [0.15, 0.2) is 0 Å². The number of alkyl halides is 3. The van der Waals surface area contributed by atoms with Gasteiger partial charge in [-0.1, -0.05) is 12.8 Å². The minimum Gasteiger partial charge on any atom is -0.463 e. The third-order valence-electron chi connectivity index (χ3n) is 3.75. The van der Waals surface area contributed by atoms with Crippen LogP contribution in [0.3, 0.4) is 0 Å². The van der Waals surface area contributed by atoms with Crippen molar-refractivity contribution in [2.45, 2.75) is 56.8 Å². The molecule has 1 saturated carbocycles. The van der Waals surface area contributed by atoms with Gasteiger partial charge in [-0.15, -0.1) is 0 Å². The molecule has 1 aromatic rings. The predicted octanol–water partition coefficient (Wildman–Crippen LogP) is 2.79. The minimum absolute atomic E-state index is 0.103. The second-order valence-electron chi connectivity index (χ2n) is 5.49. The van der Waals surface area contributed by atoms with Crippen LogP contribution in [0.5, 0.6) is 0 Å². The first kappa shape index (κ1) is 15.9. The summed E-state index contributed by atoms with van der Waals surface area (Å²) >= 11 is 0. The van der Waals surface area contributed by atoms with E-state index in [1.54, 1.807) is 0 Å². The lowest BCUT2D eigenvalue weighted by atomic mass is 9.95. The topological polar surface area (TPSA) is 62.5 Å². The Balaban J connectivity index is 2.15. The molecule has 2 rings (SSSR count). The molecule has 1 unspecified atom stereocenters. The molecule has 1 heterocycles. The number of nitrogens with one attached hydrogen (secondary N) is 1. The van der Waals surface area contributed by atoms with Crippen molar-refractivity contribution in [2.24, 2.45) is 0 Å². The molecule has 21 heavy (non-hydrogen) atoms. The van der Waals surface area contributed by atoms with E-state index in [9.17, 15) is 23.1 Å². The minimum atomic E-state index is -5.00. The van der Waals surface area contributed by atoms with E-state index in [4.69, 9.17) is 4.42 Å². The molecule has 0 aliphatic heterocycles. The van der Waals surface area contributed by atoms with E-state index in [2.05, 4.69) is 5.32 Å². The Hall–Kier alpha value is -1.50. The average Bonchev–Trinajstić information content (AvgIpc) is 2.98. The summed E-state index contributed by atoms with van der Waals surface area (Å²) in [5.74, 6) is -1.24. The van der Waals surface area contributed by atoms with E-state index in [0.717, 1.165) is 31.7 Å². The molecule has 1 aliphatic carbocycles. The lowest BCUT2D eigenvalue weighted by Crippen LogP contribution is -2.47. The van der Waals surface area contributed by atoms with Crippen molar-refractivity contribution in [1.29, 1.82) is 0 Å². The lowest BCUT2D eigenvalue weighted by Gasteiger charge is -2.28. The van der Waals surface area contributed by atoms with Gasteiger partial charge in [0.25, 0.3) is 0 Å². The van der Waals surface area contributed by atoms with Crippen molar-refractivity contribution in [3.05, 3.63) is 23.7 Å². The Morgan fingerprint density at radius 2 is 2.00 bits per heavy atom. The highest BCUT2D eigenvalue weighted by Gasteiger charge is 2.58. The van der Waals surface area contributed by atoms with Crippen LogP contribution < -0.4 is 5.32 Å². The molecule has 1 atom stereocenters. The van der Waals surface area contributed by atoms with E-state index in [-0.39, 0.29) is 11.8 Å². The fourth-order valence-corrected chi connectivity index (χ4v) is 2.57. The van der Waals surface area contributed by atoms with E-state index in [1.807, 2.05) is 0 Å². The number of amides is 1. The maximum absolute atomic E-state index is 13.2. The molecule has 0 saturated heterocycles. The summed E-state index contributed by atoms with van der Waals surface area (Å²) in [6.07, 6.45) is -2.67. The molecule has 2 N–H and O–H groups in total. The van der Waals surface area contributed by atoms with E-state index in [1.165, 1.54) is 13.0 Å². The van der Waals surface area contributed by atoms with Crippen molar-refractivity contribution < 1.29 is 27.5 Å². The van der Waals surface area contributed by atoms with Crippen molar-refractivity contribution >= 4 is 5.91 Å². The maximum atomic E-state index is 13.2. The molecule has 0 spiro atoms. The maximum Gasteiger partial charge on any atom is 0.425 e. The Morgan fingerprint density at radius 3 is 2.48 bits per heavy atom. The first-order valence-electron chi connectivity index (χ1n) is 6.88. The van der Waals surface area contributed by atoms with Crippen LogP contribution in [0, 0.1) is 6.92 Å². The van der Waals surface area contributed by atoms with E-state index in [0.29, 0.717) is 0 Å². The number of hydrogen-bond acceptors (Lipinski definition) is 3. The molecule has 1 fully saturated rings. The molecular formula is C14H18F3NO3. The summed E-state index contributed by atoms with van der Waals surface area (Å²) in [4.78, 5) is 11.8. The average molecular weight is 305 g/mol. The van der Waals surface area contributed by atoms with Crippen LogP contribution in [-0.4, -0.2) is 23.2 Å². The molecular weight excluding hydrogens is 287 g/mol. The first-order chi connectivity index (χ1) is 9.72. The van der Waals surface area contributed by atoms with Crippen LogP contribution >= 0.6 is 0 Å². The van der Waals surface area contributed by atoms with Crippen molar-refractivity contribution in [3.63, 3.8) is 0 Å². The standard InChI is InChI=1S/C14H18F3NO3/c1-9-6-7-11(21-9)13(20,14(15,16)17)8-12(19)18-10-4-2-3-5-10/h6-7,10,20H,2-5,8H2,1H3,(H,18,19). The van der Waals surface area contributed by atoms with Gasteiger partial charge in [-0.3, -0.25) is 4.79 Å². The Bertz CT molecular complexity index is 506. The molecule has 0 aromatic carbocycles. The van der Waals surface area contributed by atoms with Crippen molar-refractivity contribution in [1.82, 2.24) is 5.32 Å². The predicted molar refractivity (Wildman–Crippen MR) is 68.4 cm³/mol. The van der Waals surface area contributed by atoms with Gasteiger partial charge in [0.05, 0.1) is 6.42 Å². The summed E-state index contributed by atoms with van der Waals surface area (Å²) in [5, 5.41) is 12.5. The number of carbonyl (C=O) groups is 1. The summed E-state index contributed by atoms with van der Waals surface area (Å²) < 4.78 is 44.4. The zero-order valence-corrected chi connectivity index (χ0v) is 11.7. The lowest BCUT2D eigenvalue weighted by molar-refractivity contribution is -0.273. The van der Waals surface area contributed by atoms with Gasteiger partial charge in [0.2, 0.25) is 11.5 Å². The number of furan rings is 1. The Labute approximate surface area is 120 Å². The summed E-state index contributed by atoms with van der Waals surface area (Å²) in [7, 11) is 0. The second kappa shape index (κ2) is 5.71. The Morgan fingerprint density at radius 1 is 1.38 bits per heavy atom. The van der Waals surface area contributed by atoms with Gasteiger partial charge < -0.3 is 14.8 Å². The smallest absolute Gasteiger partial charge is 0.425 e. The van der Waals surface area contributed by atoms with Crippen LogP contribution in [0.4, 0.5) is 13.2 Å². The number of rotatable bonds is 4. The van der Waals surface area contributed by atoms with Crippen molar-refractivity contribution in [2.75, 3.05) is 0 Å². The zero-order valence-electron chi connectivity index (χ0n) is 11.7. The number of halogens is 3. The SMILES string of the molecule is Cc1ccc(C(O)(CC(=O)NC2CCCC2)C(F)(F)F)o1. The molecule has 1 aliphatic rings. The molecule has 1 amide bonds. The number of hydrogen-bond donors (Lipinski definition) is 2. The van der Waals surface area contributed by atoms with Crippen LogP contribution in [0.1, 0.15) is 43.6 Å². The van der Waals surface area contributed by atoms with E-state index < -0.39 is 29.9 Å². The quantitative estimate of drug-likeness (QED) is 0.899. The van der Waals surface area contributed by atoms with Gasteiger partial charge in [0.1, 0.15) is 11.5 Å². The molecule has 0 bridgehead atoms. The van der Waals surface area contributed by atoms with E-state index >= 15 is 0 Å². The largest absolute Gasteiger partial charge is 0.463 e. The van der Waals surface area contributed by atoms with Gasteiger partial charge in [-0.2, -0.15) is 13.2 Å². The molecule has 7 heteroatoms. The van der Waals surface area contributed by atoms with Gasteiger partial charge in [0, 0.05) is 6.04 Å². The van der Waals surface area contributed by atoms with Crippen molar-refractivity contribution in [3.8, 4) is 0 Å². The summed E-state index contributed by atoms with van der Waals surface area (Å²) in [6, 6.07) is 2.26. The summed E-state index contributed by atoms with van der Waals surface area (Å²) in [6.45, 7) is 1.47. The van der Waals surface area contributed by atoms with Crippen LogP contribution in [0.25, 0.3) is 0 Å². The highest BCUT2D eigenvalue weighted by atomic mass is 19.4. The first-order valence-corrected chi connectivity index (χ1v) is 6.88. The number of aryl methyl sites for hydroxylation is 1. The van der Waals surface area contributed by atoms with Gasteiger partial charge in [-0.05, 0) is 31.9 Å². The fraction of sp³-hybridized carbons (Fsp3) is 0.643. The van der Waals surface area contributed by atoms with Crippen LogP contribution in [0.2, 0.25) is 0 Å². The molecule has 1 aromatic heterocycles. The third kappa shape index (κ3) is 3.40. The normalized spacial score (nSPS) is 19.5. The molecule has 0 radical (unpaired) electrons. The molecule has 118 valence electrons. The summed E-state index contributed by atoms with van der Waals surface area (Å²) in [5.41, 5.74) is -3.30. The van der Waals surface area contributed by atoms with Gasteiger partial charge in [-0.25, -0.2) is 0 Å². The van der Waals surface area contributed by atoms with Crippen LogP contribution in [0.15, 0.2) is 16.5 Å². The number of carbonyl (C=O) groups excluding carboxylic acids is 1.